The minimum absolute atomic E-state index is 0.910. The Morgan fingerprint density at radius 3 is 2.86 bits per heavy atom. The third-order valence-electron chi connectivity index (χ3n) is 3.48. The summed E-state index contributed by atoms with van der Waals surface area (Å²) >= 11 is 0. The van der Waals surface area contributed by atoms with Crippen LogP contribution in [0.3, 0.4) is 0 Å². The predicted molar refractivity (Wildman–Crippen MR) is 61.0 cm³/mol. The molecule has 2 aliphatic heterocycles. The molecule has 14 heavy (non-hydrogen) atoms. The Labute approximate surface area is 87.4 Å². The monoisotopic (exact) mass is 194 g/mol. The lowest BCUT2D eigenvalue weighted by Gasteiger charge is -2.23. The third-order valence-corrected chi connectivity index (χ3v) is 3.48. The van der Waals surface area contributed by atoms with E-state index in [1.807, 2.05) is 0 Å². The molecule has 1 fully saturated rings. The van der Waals surface area contributed by atoms with Crippen LogP contribution in [0.1, 0.15) is 44.9 Å². The zero-order valence-corrected chi connectivity index (χ0v) is 9.12. The average molecular weight is 194 g/mol. The normalized spacial score (nSPS) is 31.0. The Kier molecular flexibility index (Phi) is 3.99. The topological polar surface area (TPSA) is 15.6 Å². The van der Waals surface area contributed by atoms with Crippen LogP contribution in [-0.4, -0.2) is 36.8 Å². The first kappa shape index (κ1) is 10.2. The number of hydrogen-bond donors (Lipinski definition) is 0. The van der Waals surface area contributed by atoms with E-state index in [1.165, 1.54) is 58.0 Å². The zero-order chi connectivity index (χ0) is 9.64. The number of rotatable bonds is 0. The molecule has 1 atom stereocenters. The highest BCUT2D eigenvalue weighted by Crippen LogP contribution is 2.22. The summed E-state index contributed by atoms with van der Waals surface area (Å²) in [5.41, 5.74) is 0. The van der Waals surface area contributed by atoms with Crippen molar-refractivity contribution >= 4 is 6.21 Å². The van der Waals surface area contributed by atoms with Gasteiger partial charge in [-0.3, -0.25) is 4.99 Å². The van der Waals surface area contributed by atoms with Crippen molar-refractivity contribution in [2.24, 2.45) is 4.99 Å². The van der Waals surface area contributed by atoms with E-state index in [0.717, 1.165) is 12.6 Å². The van der Waals surface area contributed by atoms with Crippen LogP contribution >= 0.6 is 0 Å². The highest BCUT2D eigenvalue weighted by Gasteiger charge is 2.23. The van der Waals surface area contributed by atoms with Crippen molar-refractivity contribution in [3.63, 3.8) is 0 Å². The largest absolute Gasteiger partial charge is 0.300 e. The molecule has 2 aliphatic rings. The maximum Gasteiger partial charge on any atom is 0.0397 e. The quantitative estimate of drug-likeness (QED) is 0.578. The Morgan fingerprint density at radius 2 is 1.86 bits per heavy atom. The molecular weight excluding hydrogens is 172 g/mol. The molecule has 2 rings (SSSR count). The second-order valence-electron chi connectivity index (χ2n) is 4.56. The number of fused-ring (bicyclic) bond motifs is 1. The highest BCUT2D eigenvalue weighted by atomic mass is 15.2. The maximum absolute atomic E-state index is 4.44. The zero-order valence-electron chi connectivity index (χ0n) is 9.12. The molecule has 0 spiro atoms. The van der Waals surface area contributed by atoms with Crippen LogP contribution in [0.25, 0.3) is 0 Å². The van der Waals surface area contributed by atoms with Crippen molar-refractivity contribution in [2.45, 2.75) is 51.0 Å². The van der Waals surface area contributed by atoms with Crippen LogP contribution in [0.2, 0.25) is 0 Å². The molecular formula is C12H22N2. The number of nitrogens with zero attached hydrogens (tertiary/aromatic N) is 2. The summed E-state index contributed by atoms with van der Waals surface area (Å²) in [6.45, 7) is 3.67. The first-order chi connectivity index (χ1) is 6.97. The molecule has 0 radical (unpaired) electrons. The molecule has 2 heteroatoms. The molecule has 0 aromatic heterocycles. The van der Waals surface area contributed by atoms with Crippen LogP contribution < -0.4 is 0 Å². The fraction of sp³-hybridized carbons (Fsp3) is 0.917. The summed E-state index contributed by atoms with van der Waals surface area (Å²) < 4.78 is 0. The summed E-state index contributed by atoms with van der Waals surface area (Å²) in [5, 5.41) is 0. The molecule has 0 N–H and O–H groups in total. The third kappa shape index (κ3) is 2.81. The molecule has 2 heterocycles. The SMILES string of the molecule is C1=NCCCN2CCCC2CCCC1. The van der Waals surface area contributed by atoms with Crippen molar-refractivity contribution in [1.29, 1.82) is 0 Å². The Hall–Kier alpha value is -0.370. The van der Waals surface area contributed by atoms with E-state index in [4.69, 9.17) is 0 Å². The van der Waals surface area contributed by atoms with E-state index >= 15 is 0 Å². The Bertz CT molecular complexity index is 189. The van der Waals surface area contributed by atoms with Crippen molar-refractivity contribution in [3.8, 4) is 0 Å². The maximum atomic E-state index is 4.44. The molecule has 80 valence electrons. The second kappa shape index (κ2) is 5.50. The predicted octanol–water partition coefficient (Wildman–Crippen LogP) is 2.49. The van der Waals surface area contributed by atoms with E-state index in [1.54, 1.807) is 0 Å². The molecule has 0 aromatic carbocycles. The summed E-state index contributed by atoms with van der Waals surface area (Å²) in [6.07, 6.45) is 11.6. The summed E-state index contributed by atoms with van der Waals surface area (Å²) in [7, 11) is 0. The van der Waals surface area contributed by atoms with Gasteiger partial charge in [0.05, 0.1) is 0 Å². The van der Waals surface area contributed by atoms with Gasteiger partial charge in [0, 0.05) is 19.1 Å². The van der Waals surface area contributed by atoms with Crippen molar-refractivity contribution in [1.82, 2.24) is 4.90 Å². The Balaban J connectivity index is 1.85. The average Bonchev–Trinajstić information content (AvgIpc) is 2.61. The van der Waals surface area contributed by atoms with Crippen LogP contribution in [0.15, 0.2) is 4.99 Å². The molecule has 0 bridgehead atoms. The van der Waals surface area contributed by atoms with Gasteiger partial charge in [0.1, 0.15) is 0 Å². The fourth-order valence-electron chi connectivity index (χ4n) is 2.68. The lowest BCUT2D eigenvalue weighted by molar-refractivity contribution is 0.238. The molecule has 2 nitrogen and oxygen atoms in total. The molecule has 0 saturated carbocycles. The molecule has 0 amide bonds. The molecule has 1 saturated heterocycles. The van der Waals surface area contributed by atoms with Crippen molar-refractivity contribution in [3.05, 3.63) is 0 Å². The van der Waals surface area contributed by atoms with Crippen LogP contribution in [0.4, 0.5) is 0 Å². The second-order valence-corrected chi connectivity index (χ2v) is 4.56. The summed E-state index contributed by atoms with van der Waals surface area (Å²) in [4.78, 5) is 7.13. The number of hydrogen-bond acceptors (Lipinski definition) is 2. The lowest BCUT2D eigenvalue weighted by Crippen LogP contribution is -2.30. The molecule has 1 unspecified atom stereocenters. The first-order valence-electron chi connectivity index (χ1n) is 6.19. The van der Waals surface area contributed by atoms with Gasteiger partial charge in [0.25, 0.3) is 0 Å². The van der Waals surface area contributed by atoms with E-state index in [9.17, 15) is 0 Å². The first-order valence-corrected chi connectivity index (χ1v) is 6.19. The van der Waals surface area contributed by atoms with Gasteiger partial charge in [-0.25, -0.2) is 0 Å². The summed E-state index contributed by atoms with van der Waals surface area (Å²) in [6, 6.07) is 0.910. The van der Waals surface area contributed by atoms with E-state index in [0.29, 0.717) is 0 Å². The van der Waals surface area contributed by atoms with Gasteiger partial charge >= 0.3 is 0 Å². The molecule has 0 aliphatic carbocycles. The van der Waals surface area contributed by atoms with Crippen molar-refractivity contribution in [2.75, 3.05) is 19.6 Å². The lowest BCUT2D eigenvalue weighted by atomic mass is 10.1. The standard InChI is InChI=1S/C12H22N2/c1-2-6-12-7-4-10-14(12)11-5-9-13-8-3-1/h8,12H,1-7,9-11H2. The number of aliphatic imine (C=N–C) groups is 1. The van der Waals surface area contributed by atoms with Gasteiger partial charge in [-0.05, 0) is 51.3 Å². The van der Waals surface area contributed by atoms with Crippen LogP contribution in [-0.2, 0) is 0 Å². The van der Waals surface area contributed by atoms with E-state index < -0.39 is 0 Å². The van der Waals surface area contributed by atoms with E-state index in [2.05, 4.69) is 16.1 Å². The van der Waals surface area contributed by atoms with Gasteiger partial charge in [-0.1, -0.05) is 6.42 Å². The highest BCUT2D eigenvalue weighted by molar-refractivity contribution is 5.56. The molecule has 0 aromatic rings. The minimum Gasteiger partial charge on any atom is -0.300 e. The fourth-order valence-corrected chi connectivity index (χ4v) is 2.68. The van der Waals surface area contributed by atoms with Gasteiger partial charge in [-0.15, -0.1) is 0 Å². The van der Waals surface area contributed by atoms with Crippen LogP contribution in [0, 0.1) is 0 Å². The smallest absolute Gasteiger partial charge is 0.0397 e. The van der Waals surface area contributed by atoms with Gasteiger partial charge < -0.3 is 4.90 Å². The van der Waals surface area contributed by atoms with E-state index in [-0.39, 0.29) is 0 Å². The van der Waals surface area contributed by atoms with Crippen LogP contribution in [0.5, 0.6) is 0 Å². The van der Waals surface area contributed by atoms with Crippen molar-refractivity contribution < 1.29 is 0 Å². The van der Waals surface area contributed by atoms with Gasteiger partial charge in [0.15, 0.2) is 0 Å². The van der Waals surface area contributed by atoms with Gasteiger partial charge in [-0.2, -0.15) is 0 Å². The summed E-state index contributed by atoms with van der Waals surface area (Å²) in [5.74, 6) is 0. The Morgan fingerprint density at radius 1 is 1.00 bits per heavy atom. The minimum atomic E-state index is 0.910. The van der Waals surface area contributed by atoms with Gasteiger partial charge in [0.2, 0.25) is 0 Å².